The molecule has 1 fully saturated rings. The number of carbonyl (C=O) groups is 2. The number of aliphatic hydroxyl groups is 1. The molecule has 7 nitrogen and oxygen atoms in total. The molecule has 0 bridgehead atoms. The van der Waals surface area contributed by atoms with Crippen molar-refractivity contribution in [1.29, 1.82) is 0 Å². The Morgan fingerprint density at radius 2 is 1.82 bits per heavy atom. The molecule has 0 saturated carbocycles. The molecule has 1 heterocycles. The molecule has 1 saturated heterocycles. The van der Waals surface area contributed by atoms with Crippen molar-refractivity contribution in [1.82, 2.24) is 4.90 Å². The lowest BCUT2D eigenvalue weighted by Gasteiger charge is -2.26. The summed E-state index contributed by atoms with van der Waals surface area (Å²) in [5.74, 6) is -1.50. The normalized spacial score (nSPS) is 19.5. The van der Waals surface area contributed by atoms with Crippen molar-refractivity contribution in [2.45, 2.75) is 51.7 Å². The topological polar surface area (TPSA) is 96.3 Å². The molecule has 2 aliphatic rings. The van der Waals surface area contributed by atoms with Crippen molar-refractivity contribution < 1.29 is 29.3 Å². The molecule has 34 heavy (non-hydrogen) atoms. The van der Waals surface area contributed by atoms with Crippen LogP contribution in [0, 0.1) is 0 Å². The lowest BCUT2D eigenvalue weighted by atomic mass is 9.88. The Hall–Kier alpha value is -3.32. The van der Waals surface area contributed by atoms with Gasteiger partial charge in [-0.25, -0.2) is 0 Å². The monoisotopic (exact) mass is 465 g/mol. The number of hydrogen-bond donors (Lipinski definition) is 2. The number of nitrogens with zero attached hydrogens (tertiary/aromatic N) is 1. The van der Waals surface area contributed by atoms with Gasteiger partial charge in [0.2, 0.25) is 0 Å². The molecule has 0 aromatic heterocycles. The van der Waals surface area contributed by atoms with Gasteiger partial charge in [0, 0.05) is 12.1 Å². The number of hydrogen-bond acceptors (Lipinski definition) is 6. The maximum atomic E-state index is 13.2. The van der Waals surface area contributed by atoms with Crippen LogP contribution in [0.15, 0.2) is 42.0 Å². The molecule has 1 amide bonds. The highest BCUT2D eigenvalue weighted by molar-refractivity contribution is 6.46. The van der Waals surface area contributed by atoms with E-state index in [0.717, 1.165) is 31.2 Å². The number of likely N-dealkylation sites (tertiary alicyclic amines) is 1. The summed E-state index contributed by atoms with van der Waals surface area (Å²) >= 11 is 0. The van der Waals surface area contributed by atoms with E-state index in [1.807, 2.05) is 26.0 Å². The predicted octanol–water partition coefficient (Wildman–Crippen LogP) is 4.13. The van der Waals surface area contributed by atoms with Crippen molar-refractivity contribution in [3.63, 3.8) is 0 Å². The van der Waals surface area contributed by atoms with Gasteiger partial charge in [-0.1, -0.05) is 18.2 Å². The number of aryl methyl sites for hydroxylation is 2. The van der Waals surface area contributed by atoms with Gasteiger partial charge in [-0.3, -0.25) is 9.59 Å². The van der Waals surface area contributed by atoms with Crippen LogP contribution in [0.4, 0.5) is 0 Å². The Balaban J connectivity index is 1.80. The highest BCUT2D eigenvalue weighted by Gasteiger charge is 2.46. The molecule has 180 valence electrons. The fraction of sp³-hybridized carbons (Fsp3) is 0.407. The Labute approximate surface area is 199 Å². The molecule has 2 aromatic carbocycles. The van der Waals surface area contributed by atoms with E-state index >= 15 is 0 Å². The van der Waals surface area contributed by atoms with E-state index in [1.165, 1.54) is 23.6 Å². The van der Waals surface area contributed by atoms with Gasteiger partial charge >= 0.3 is 0 Å². The molecule has 1 aliphatic carbocycles. The number of fused-ring (bicyclic) bond motifs is 1. The third-order valence-corrected chi connectivity index (χ3v) is 6.46. The minimum atomic E-state index is -0.858. The Bertz CT molecular complexity index is 1140. The second kappa shape index (κ2) is 9.89. The molecule has 2 N–H and O–H groups in total. The number of benzene rings is 2. The third kappa shape index (κ3) is 4.53. The number of methoxy groups -OCH3 is 1. The first-order valence-corrected chi connectivity index (χ1v) is 11.7. The summed E-state index contributed by atoms with van der Waals surface area (Å²) in [6, 6.07) is 9.58. The molecular formula is C27H31NO6. The number of Topliss-reactive ketones (excluding diaryl/α,β-unsaturated/α-hetero) is 1. The lowest BCUT2D eigenvalue weighted by Crippen LogP contribution is -2.33. The summed E-state index contributed by atoms with van der Waals surface area (Å²) in [7, 11) is 1.44. The number of ketones is 1. The molecule has 1 unspecified atom stereocenters. The number of phenolic OH excluding ortho intramolecular Hbond substituents is 1. The van der Waals surface area contributed by atoms with Crippen LogP contribution in [0.25, 0.3) is 5.76 Å². The summed E-state index contributed by atoms with van der Waals surface area (Å²) in [6.07, 6.45) is 4.12. The fourth-order valence-corrected chi connectivity index (χ4v) is 4.76. The number of aliphatic hydroxyl groups excluding tert-OH is 1. The fourth-order valence-electron chi connectivity index (χ4n) is 4.76. The van der Waals surface area contributed by atoms with Crippen molar-refractivity contribution in [3.05, 3.63) is 64.2 Å². The van der Waals surface area contributed by atoms with E-state index in [1.54, 1.807) is 18.2 Å². The molecule has 1 atom stereocenters. The Morgan fingerprint density at radius 3 is 2.50 bits per heavy atom. The number of aromatic hydroxyl groups is 1. The van der Waals surface area contributed by atoms with Gasteiger partial charge in [-0.05, 0) is 74.4 Å². The first-order chi connectivity index (χ1) is 16.3. The molecule has 1 aliphatic heterocycles. The van der Waals surface area contributed by atoms with Crippen LogP contribution in [-0.2, 0) is 27.2 Å². The zero-order valence-electron chi connectivity index (χ0n) is 19.8. The van der Waals surface area contributed by atoms with E-state index in [9.17, 15) is 19.8 Å². The standard InChI is InChI=1S/C27H31NO6/c1-16(2)34-13-12-28-24(19-10-11-22(33-3)21(29)15-19)23(26(31)27(28)32)25(30)20-9-8-17-6-4-5-7-18(17)14-20/h8-11,14-16,24,29-30H,4-7,12-13H2,1-3H3/b25-23-. The van der Waals surface area contributed by atoms with Gasteiger partial charge in [0.1, 0.15) is 5.76 Å². The van der Waals surface area contributed by atoms with E-state index in [0.29, 0.717) is 11.1 Å². The minimum absolute atomic E-state index is 0.00914. The molecule has 7 heteroatoms. The van der Waals surface area contributed by atoms with Gasteiger partial charge < -0.3 is 24.6 Å². The average molecular weight is 466 g/mol. The van der Waals surface area contributed by atoms with Crippen LogP contribution in [0.3, 0.4) is 0 Å². The summed E-state index contributed by atoms with van der Waals surface area (Å²) in [4.78, 5) is 27.6. The average Bonchev–Trinajstić information content (AvgIpc) is 3.08. The third-order valence-electron chi connectivity index (χ3n) is 6.46. The van der Waals surface area contributed by atoms with E-state index in [4.69, 9.17) is 9.47 Å². The number of carbonyl (C=O) groups excluding carboxylic acids is 2. The first-order valence-electron chi connectivity index (χ1n) is 11.7. The molecule has 4 rings (SSSR count). The zero-order chi connectivity index (χ0) is 24.4. The maximum absolute atomic E-state index is 13.2. The van der Waals surface area contributed by atoms with Gasteiger partial charge in [0.05, 0.1) is 31.4 Å². The van der Waals surface area contributed by atoms with Crippen molar-refractivity contribution in [2.24, 2.45) is 0 Å². The van der Waals surface area contributed by atoms with Crippen LogP contribution in [0.2, 0.25) is 0 Å². The highest BCUT2D eigenvalue weighted by atomic mass is 16.5. The van der Waals surface area contributed by atoms with E-state index < -0.39 is 17.7 Å². The van der Waals surface area contributed by atoms with Crippen LogP contribution < -0.4 is 4.74 Å². The smallest absolute Gasteiger partial charge is 0.295 e. The SMILES string of the molecule is COc1ccc(C2/C(=C(/O)c3ccc4c(c3)CCCC4)C(=O)C(=O)N2CCOC(C)C)cc1O. The summed E-state index contributed by atoms with van der Waals surface area (Å²) in [5.41, 5.74) is 3.44. The second-order valence-electron chi connectivity index (χ2n) is 9.03. The summed E-state index contributed by atoms with van der Waals surface area (Å²) in [5, 5.41) is 21.7. The van der Waals surface area contributed by atoms with Gasteiger partial charge in [-0.15, -0.1) is 0 Å². The number of ether oxygens (including phenoxy) is 2. The molecular weight excluding hydrogens is 434 g/mol. The number of amides is 1. The van der Waals surface area contributed by atoms with Gasteiger partial charge in [0.15, 0.2) is 11.5 Å². The van der Waals surface area contributed by atoms with Crippen LogP contribution in [-0.4, -0.2) is 53.2 Å². The lowest BCUT2D eigenvalue weighted by molar-refractivity contribution is -0.140. The summed E-state index contributed by atoms with van der Waals surface area (Å²) in [6.45, 7) is 4.19. The number of phenols is 1. The van der Waals surface area contributed by atoms with Gasteiger partial charge in [-0.2, -0.15) is 0 Å². The van der Waals surface area contributed by atoms with Crippen molar-refractivity contribution in [2.75, 3.05) is 20.3 Å². The van der Waals surface area contributed by atoms with Gasteiger partial charge in [0.25, 0.3) is 11.7 Å². The van der Waals surface area contributed by atoms with Crippen molar-refractivity contribution >= 4 is 17.4 Å². The van der Waals surface area contributed by atoms with Crippen molar-refractivity contribution in [3.8, 4) is 11.5 Å². The second-order valence-corrected chi connectivity index (χ2v) is 9.03. The quantitative estimate of drug-likeness (QED) is 0.363. The van der Waals surface area contributed by atoms with E-state index in [2.05, 4.69) is 0 Å². The predicted molar refractivity (Wildman–Crippen MR) is 128 cm³/mol. The Kier molecular flexibility index (Phi) is 6.93. The number of rotatable bonds is 7. The molecule has 2 aromatic rings. The van der Waals surface area contributed by atoms with Crippen LogP contribution >= 0.6 is 0 Å². The van der Waals surface area contributed by atoms with E-state index in [-0.39, 0.29) is 42.1 Å². The molecule has 0 spiro atoms. The zero-order valence-corrected chi connectivity index (χ0v) is 19.8. The maximum Gasteiger partial charge on any atom is 0.295 e. The van der Waals surface area contributed by atoms with Crippen LogP contribution in [0.1, 0.15) is 55.0 Å². The summed E-state index contributed by atoms with van der Waals surface area (Å²) < 4.78 is 10.8. The Morgan fingerprint density at radius 1 is 1.09 bits per heavy atom. The molecule has 0 radical (unpaired) electrons. The minimum Gasteiger partial charge on any atom is -0.507 e. The van der Waals surface area contributed by atoms with Crippen LogP contribution in [0.5, 0.6) is 11.5 Å². The highest BCUT2D eigenvalue weighted by Crippen LogP contribution is 2.42. The largest absolute Gasteiger partial charge is 0.507 e. The first kappa shape index (κ1) is 23.8.